The Hall–Kier alpha value is -1.51. The zero-order valence-corrected chi connectivity index (χ0v) is 11.1. The first-order chi connectivity index (χ1) is 7.92. The van der Waals surface area contributed by atoms with Crippen LogP contribution in [0.5, 0.6) is 0 Å². The van der Waals surface area contributed by atoms with Crippen molar-refractivity contribution in [3.63, 3.8) is 0 Å². The second-order valence-electron chi connectivity index (χ2n) is 4.94. The lowest BCUT2D eigenvalue weighted by Crippen LogP contribution is -2.34. The summed E-state index contributed by atoms with van der Waals surface area (Å²) >= 11 is 0. The molecule has 0 aliphatic carbocycles. The van der Waals surface area contributed by atoms with Gasteiger partial charge in [0.2, 0.25) is 0 Å². The van der Waals surface area contributed by atoms with Crippen LogP contribution in [0.25, 0.3) is 0 Å². The Morgan fingerprint density at radius 3 is 2.29 bits per heavy atom. The van der Waals surface area contributed by atoms with E-state index in [1.165, 1.54) is 0 Å². The van der Waals surface area contributed by atoms with E-state index in [4.69, 9.17) is 4.74 Å². The van der Waals surface area contributed by atoms with Crippen molar-refractivity contribution in [2.75, 3.05) is 18.0 Å². The number of nitrogens with zero attached hydrogens (tertiary/aromatic N) is 1. The average molecular weight is 235 g/mol. The summed E-state index contributed by atoms with van der Waals surface area (Å²) < 4.78 is 5.31. The first-order valence-electron chi connectivity index (χ1n) is 5.94. The smallest absolute Gasteiger partial charge is 0.326 e. The van der Waals surface area contributed by atoms with Gasteiger partial charge in [0.25, 0.3) is 0 Å². The second kappa shape index (κ2) is 5.71. The van der Waals surface area contributed by atoms with E-state index in [2.05, 4.69) is 0 Å². The van der Waals surface area contributed by atoms with E-state index in [0.717, 1.165) is 12.2 Å². The van der Waals surface area contributed by atoms with Gasteiger partial charge in [-0.25, -0.2) is 0 Å². The lowest BCUT2D eigenvalue weighted by atomic mass is 10.2. The van der Waals surface area contributed by atoms with Gasteiger partial charge in [-0.05, 0) is 39.8 Å². The molecule has 0 saturated carbocycles. The summed E-state index contributed by atoms with van der Waals surface area (Å²) in [7, 11) is 0. The van der Waals surface area contributed by atoms with E-state index >= 15 is 0 Å². The number of benzene rings is 1. The van der Waals surface area contributed by atoms with Gasteiger partial charge in [-0.15, -0.1) is 0 Å². The predicted molar refractivity (Wildman–Crippen MR) is 70.2 cm³/mol. The molecular weight excluding hydrogens is 214 g/mol. The number of carbonyl (C=O) groups excluding carboxylic acids is 1. The van der Waals surface area contributed by atoms with Gasteiger partial charge in [0.15, 0.2) is 0 Å². The lowest BCUT2D eigenvalue weighted by Gasteiger charge is -2.25. The highest BCUT2D eigenvalue weighted by Crippen LogP contribution is 2.14. The van der Waals surface area contributed by atoms with Crippen LogP contribution in [-0.4, -0.2) is 24.7 Å². The van der Waals surface area contributed by atoms with E-state index in [-0.39, 0.29) is 12.5 Å². The summed E-state index contributed by atoms with van der Waals surface area (Å²) in [4.78, 5) is 13.7. The van der Waals surface area contributed by atoms with E-state index in [0.29, 0.717) is 0 Å². The standard InChI is InChI=1S/C14H21NO2/c1-5-15(12-9-7-6-8-10-12)11-13(16)17-14(2,3)4/h6-10H,5,11H2,1-4H3. The van der Waals surface area contributed by atoms with Gasteiger partial charge < -0.3 is 9.64 Å². The van der Waals surface area contributed by atoms with Crippen LogP contribution < -0.4 is 4.90 Å². The number of para-hydroxylation sites is 1. The van der Waals surface area contributed by atoms with Crippen molar-refractivity contribution in [3.8, 4) is 0 Å². The van der Waals surface area contributed by atoms with Crippen LogP contribution >= 0.6 is 0 Å². The minimum absolute atomic E-state index is 0.191. The van der Waals surface area contributed by atoms with E-state index in [1.54, 1.807) is 0 Å². The predicted octanol–water partition coefficient (Wildman–Crippen LogP) is 2.85. The molecule has 1 aromatic carbocycles. The molecule has 0 aliphatic heterocycles. The number of rotatable bonds is 4. The Bertz CT molecular complexity index is 354. The summed E-state index contributed by atoms with van der Waals surface area (Å²) in [5, 5.41) is 0. The maximum Gasteiger partial charge on any atom is 0.326 e. The van der Waals surface area contributed by atoms with Crippen LogP contribution in [0, 0.1) is 0 Å². The molecule has 17 heavy (non-hydrogen) atoms. The number of hydrogen-bond donors (Lipinski definition) is 0. The van der Waals surface area contributed by atoms with E-state index < -0.39 is 5.60 Å². The van der Waals surface area contributed by atoms with Crippen LogP contribution in [-0.2, 0) is 9.53 Å². The highest BCUT2D eigenvalue weighted by Gasteiger charge is 2.18. The molecular formula is C14H21NO2. The molecule has 0 unspecified atom stereocenters. The minimum Gasteiger partial charge on any atom is -0.459 e. The first kappa shape index (κ1) is 13.6. The highest BCUT2D eigenvalue weighted by molar-refractivity contribution is 5.76. The van der Waals surface area contributed by atoms with E-state index in [9.17, 15) is 4.79 Å². The Labute approximate surface area is 103 Å². The maximum absolute atomic E-state index is 11.7. The quantitative estimate of drug-likeness (QED) is 0.752. The third-order valence-corrected chi connectivity index (χ3v) is 2.24. The monoisotopic (exact) mass is 235 g/mol. The normalized spacial score (nSPS) is 11.1. The largest absolute Gasteiger partial charge is 0.459 e. The number of hydrogen-bond acceptors (Lipinski definition) is 3. The SMILES string of the molecule is CCN(CC(=O)OC(C)(C)C)c1ccccc1. The van der Waals surface area contributed by atoms with Crippen molar-refractivity contribution in [3.05, 3.63) is 30.3 Å². The molecule has 0 heterocycles. The molecule has 0 N–H and O–H groups in total. The number of carbonyl (C=O) groups is 1. The molecule has 0 saturated heterocycles. The fraction of sp³-hybridized carbons (Fsp3) is 0.500. The van der Waals surface area contributed by atoms with Crippen LogP contribution in [0.3, 0.4) is 0 Å². The van der Waals surface area contributed by atoms with Crippen molar-refractivity contribution >= 4 is 11.7 Å². The summed E-state index contributed by atoms with van der Waals surface area (Å²) in [5.74, 6) is -0.191. The van der Waals surface area contributed by atoms with Crippen LogP contribution in [0.4, 0.5) is 5.69 Å². The van der Waals surface area contributed by atoms with Gasteiger partial charge in [0.05, 0.1) is 0 Å². The number of ether oxygens (including phenoxy) is 1. The fourth-order valence-electron chi connectivity index (χ4n) is 1.55. The third-order valence-electron chi connectivity index (χ3n) is 2.24. The van der Waals surface area contributed by atoms with Crippen molar-refractivity contribution in [1.29, 1.82) is 0 Å². The zero-order valence-electron chi connectivity index (χ0n) is 11.1. The van der Waals surface area contributed by atoms with Gasteiger partial charge in [0, 0.05) is 12.2 Å². The van der Waals surface area contributed by atoms with Crippen LogP contribution in [0.15, 0.2) is 30.3 Å². The van der Waals surface area contributed by atoms with Crippen molar-refractivity contribution in [2.45, 2.75) is 33.3 Å². The van der Waals surface area contributed by atoms with Crippen molar-refractivity contribution < 1.29 is 9.53 Å². The Kier molecular flexibility index (Phi) is 4.55. The molecule has 3 nitrogen and oxygen atoms in total. The molecule has 3 heteroatoms. The Balaban J connectivity index is 2.62. The molecule has 0 aliphatic rings. The first-order valence-corrected chi connectivity index (χ1v) is 5.94. The molecule has 0 radical (unpaired) electrons. The molecule has 0 amide bonds. The summed E-state index contributed by atoms with van der Waals surface area (Å²) in [6.45, 7) is 8.73. The van der Waals surface area contributed by atoms with Crippen molar-refractivity contribution in [2.24, 2.45) is 0 Å². The molecule has 0 spiro atoms. The highest BCUT2D eigenvalue weighted by atomic mass is 16.6. The second-order valence-corrected chi connectivity index (χ2v) is 4.94. The molecule has 0 atom stereocenters. The summed E-state index contributed by atoms with van der Waals surface area (Å²) in [6, 6.07) is 9.88. The Morgan fingerprint density at radius 2 is 1.82 bits per heavy atom. The van der Waals surface area contributed by atoms with Crippen LogP contribution in [0.2, 0.25) is 0 Å². The van der Waals surface area contributed by atoms with E-state index in [1.807, 2.05) is 62.9 Å². The fourth-order valence-corrected chi connectivity index (χ4v) is 1.55. The third kappa shape index (κ3) is 4.89. The van der Waals surface area contributed by atoms with Crippen LogP contribution in [0.1, 0.15) is 27.7 Å². The van der Waals surface area contributed by atoms with Gasteiger partial charge in [-0.3, -0.25) is 4.79 Å². The van der Waals surface area contributed by atoms with Gasteiger partial charge in [-0.2, -0.15) is 0 Å². The number of esters is 1. The number of anilines is 1. The summed E-state index contributed by atoms with van der Waals surface area (Å²) in [5.41, 5.74) is 0.619. The molecule has 0 aromatic heterocycles. The molecule has 1 rings (SSSR count). The Morgan fingerprint density at radius 1 is 1.24 bits per heavy atom. The molecule has 1 aromatic rings. The summed E-state index contributed by atoms with van der Waals surface area (Å²) in [6.07, 6.45) is 0. The zero-order chi connectivity index (χ0) is 12.9. The average Bonchev–Trinajstić information content (AvgIpc) is 2.24. The molecule has 0 bridgehead atoms. The minimum atomic E-state index is -0.423. The van der Waals surface area contributed by atoms with Gasteiger partial charge in [0.1, 0.15) is 12.1 Å². The van der Waals surface area contributed by atoms with Crippen molar-refractivity contribution in [1.82, 2.24) is 0 Å². The lowest BCUT2D eigenvalue weighted by molar-refractivity contribution is -0.153. The van der Waals surface area contributed by atoms with Gasteiger partial charge >= 0.3 is 5.97 Å². The molecule has 94 valence electrons. The maximum atomic E-state index is 11.7. The topological polar surface area (TPSA) is 29.5 Å². The van der Waals surface area contributed by atoms with Gasteiger partial charge in [-0.1, -0.05) is 18.2 Å². The number of likely N-dealkylation sites (N-methyl/N-ethyl adjacent to an activating group) is 1. The molecule has 0 fully saturated rings.